The Balaban J connectivity index is 2.95. The van der Waals surface area contributed by atoms with E-state index < -0.39 is 5.82 Å². The Hall–Kier alpha value is -1.62. The number of hydrogen-bond donors (Lipinski definition) is 1. The fourth-order valence-corrected chi connectivity index (χ4v) is 2.11. The zero-order valence-electron chi connectivity index (χ0n) is 11.9. The Labute approximate surface area is 113 Å². The van der Waals surface area contributed by atoms with Gasteiger partial charge in [0.05, 0.1) is 5.56 Å². The second-order valence-electron chi connectivity index (χ2n) is 4.87. The Morgan fingerprint density at radius 1 is 1.42 bits per heavy atom. The molecule has 0 fully saturated rings. The van der Waals surface area contributed by atoms with Crippen LogP contribution in [0.4, 0.5) is 4.39 Å². The van der Waals surface area contributed by atoms with Crippen LogP contribution in [0.3, 0.4) is 0 Å². The van der Waals surface area contributed by atoms with Crippen molar-refractivity contribution in [2.75, 3.05) is 27.2 Å². The third kappa shape index (κ3) is 3.92. The Bertz CT molecular complexity index is 449. The average Bonchev–Trinajstić information content (AvgIpc) is 2.28. The standard InChI is InChI=1S/C14H21FN2O2/c1-5-17(10(2)9-16(3)4)14(19)12-7-6-11(18)8-13(12)15/h6-8,10,18H,5,9H2,1-4H3. The summed E-state index contributed by atoms with van der Waals surface area (Å²) in [6.07, 6.45) is 0. The summed E-state index contributed by atoms with van der Waals surface area (Å²) in [6, 6.07) is 3.58. The van der Waals surface area contributed by atoms with Gasteiger partial charge in [-0.15, -0.1) is 0 Å². The monoisotopic (exact) mass is 268 g/mol. The van der Waals surface area contributed by atoms with Crippen LogP contribution in [0.2, 0.25) is 0 Å². The van der Waals surface area contributed by atoms with Crippen molar-refractivity contribution >= 4 is 5.91 Å². The van der Waals surface area contributed by atoms with Crippen LogP contribution in [-0.4, -0.2) is 54.0 Å². The first kappa shape index (κ1) is 15.4. The molecule has 0 bridgehead atoms. The fraction of sp³-hybridized carbons (Fsp3) is 0.500. The smallest absolute Gasteiger partial charge is 0.257 e. The first-order valence-electron chi connectivity index (χ1n) is 6.31. The van der Waals surface area contributed by atoms with E-state index in [9.17, 15) is 14.3 Å². The van der Waals surface area contributed by atoms with Crippen LogP contribution in [0.1, 0.15) is 24.2 Å². The molecule has 1 rings (SSSR count). The minimum Gasteiger partial charge on any atom is -0.508 e. The van der Waals surface area contributed by atoms with Crippen molar-refractivity contribution in [2.45, 2.75) is 19.9 Å². The first-order chi connectivity index (χ1) is 8.86. The van der Waals surface area contributed by atoms with Gasteiger partial charge < -0.3 is 14.9 Å². The predicted octanol–water partition coefficient (Wildman–Crippen LogP) is 1.94. The Morgan fingerprint density at radius 3 is 2.53 bits per heavy atom. The topological polar surface area (TPSA) is 43.8 Å². The molecule has 0 aliphatic heterocycles. The van der Waals surface area contributed by atoms with Gasteiger partial charge in [0.2, 0.25) is 0 Å². The van der Waals surface area contributed by atoms with Crippen LogP contribution in [0.5, 0.6) is 5.75 Å². The first-order valence-corrected chi connectivity index (χ1v) is 6.31. The number of aromatic hydroxyl groups is 1. The summed E-state index contributed by atoms with van der Waals surface area (Å²) in [4.78, 5) is 15.9. The van der Waals surface area contributed by atoms with E-state index in [1.807, 2.05) is 32.8 Å². The summed E-state index contributed by atoms with van der Waals surface area (Å²) >= 11 is 0. The lowest BCUT2D eigenvalue weighted by Gasteiger charge is -2.30. The molecule has 0 aromatic heterocycles. The van der Waals surface area contributed by atoms with Crippen molar-refractivity contribution in [3.8, 4) is 5.75 Å². The molecular formula is C14H21FN2O2. The van der Waals surface area contributed by atoms with Gasteiger partial charge in [-0.25, -0.2) is 4.39 Å². The SMILES string of the molecule is CCN(C(=O)c1ccc(O)cc1F)C(C)CN(C)C. The zero-order valence-corrected chi connectivity index (χ0v) is 11.9. The van der Waals surface area contributed by atoms with E-state index in [-0.39, 0.29) is 23.3 Å². The van der Waals surface area contributed by atoms with Crippen LogP contribution in [-0.2, 0) is 0 Å². The van der Waals surface area contributed by atoms with E-state index in [1.54, 1.807) is 4.90 Å². The number of likely N-dealkylation sites (N-methyl/N-ethyl adjacent to an activating group) is 2. The summed E-state index contributed by atoms with van der Waals surface area (Å²) in [6.45, 7) is 5.01. The van der Waals surface area contributed by atoms with Gasteiger partial charge in [-0.1, -0.05) is 0 Å². The summed E-state index contributed by atoms with van der Waals surface area (Å²) in [7, 11) is 3.85. The molecule has 0 aliphatic carbocycles. The number of halogens is 1. The molecule has 1 N–H and O–H groups in total. The molecule has 1 unspecified atom stereocenters. The summed E-state index contributed by atoms with van der Waals surface area (Å²) in [5, 5.41) is 9.17. The molecule has 0 aliphatic rings. The highest BCUT2D eigenvalue weighted by Gasteiger charge is 2.23. The number of nitrogens with zero attached hydrogens (tertiary/aromatic N) is 2. The minimum atomic E-state index is -0.694. The molecule has 1 atom stereocenters. The van der Waals surface area contributed by atoms with Gasteiger partial charge in [0.15, 0.2) is 0 Å². The molecule has 0 saturated heterocycles. The molecule has 0 radical (unpaired) electrons. The highest BCUT2D eigenvalue weighted by Crippen LogP contribution is 2.18. The van der Waals surface area contributed by atoms with Crippen LogP contribution >= 0.6 is 0 Å². The molecule has 19 heavy (non-hydrogen) atoms. The van der Waals surface area contributed by atoms with Crippen molar-refractivity contribution in [3.05, 3.63) is 29.6 Å². The molecule has 1 amide bonds. The van der Waals surface area contributed by atoms with E-state index in [4.69, 9.17) is 0 Å². The van der Waals surface area contributed by atoms with Crippen LogP contribution in [0, 0.1) is 5.82 Å². The molecule has 5 heteroatoms. The van der Waals surface area contributed by atoms with E-state index in [1.165, 1.54) is 12.1 Å². The molecule has 0 heterocycles. The maximum Gasteiger partial charge on any atom is 0.257 e. The highest BCUT2D eigenvalue weighted by molar-refractivity contribution is 5.94. The normalized spacial score (nSPS) is 12.5. The second-order valence-corrected chi connectivity index (χ2v) is 4.87. The number of benzene rings is 1. The molecule has 1 aromatic rings. The largest absolute Gasteiger partial charge is 0.508 e. The number of carbonyl (C=O) groups excluding carboxylic acids is 1. The van der Waals surface area contributed by atoms with Crippen molar-refractivity contribution in [3.63, 3.8) is 0 Å². The maximum absolute atomic E-state index is 13.7. The van der Waals surface area contributed by atoms with E-state index in [0.717, 1.165) is 6.07 Å². The Kier molecular flexibility index (Phi) is 5.30. The number of carbonyl (C=O) groups is 1. The predicted molar refractivity (Wildman–Crippen MR) is 72.8 cm³/mol. The lowest BCUT2D eigenvalue weighted by Crippen LogP contribution is -2.44. The number of hydrogen-bond acceptors (Lipinski definition) is 3. The lowest BCUT2D eigenvalue weighted by molar-refractivity contribution is 0.0674. The van der Waals surface area contributed by atoms with Crippen LogP contribution < -0.4 is 0 Å². The third-order valence-electron chi connectivity index (χ3n) is 2.95. The van der Waals surface area contributed by atoms with Gasteiger partial charge in [0.25, 0.3) is 5.91 Å². The molecule has 106 valence electrons. The van der Waals surface area contributed by atoms with Crippen molar-refractivity contribution in [1.82, 2.24) is 9.80 Å². The molecular weight excluding hydrogens is 247 g/mol. The van der Waals surface area contributed by atoms with Gasteiger partial charge in [0.1, 0.15) is 11.6 Å². The minimum absolute atomic E-state index is 0.00902. The quantitative estimate of drug-likeness (QED) is 0.887. The third-order valence-corrected chi connectivity index (χ3v) is 2.95. The van der Waals surface area contributed by atoms with E-state index in [2.05, 4.69) is 0 Å². The van der Waals surface area contributed by atoms with Gasteiger partial charge in [-0.05, 0) is 40.1 Å². The lowest BCUT2D eigenvalue weighted by atomic mass is 10.1. The van der Waals surface area contributed by atoms with Gasteiger partial charge in [-0.3, -0.25) is 4.79 Å². The van der Waals surface area contributed by atoms with Crippen LogP contribution in [0.15, 0.2) is 18.2 Å². The maximum atomic E-state index is 13.7. The summed E-state index contributed by atoms with van der Waals surface area (Å²) in [5.74, 6) is -1.23. The van der Waals surface area contributed by atoms with E-state index in [0.29, 0.717) is 13.1 Å². The number of phenolic OH excluding ortho intramolecular Hbond substituents is 1. The Morgan fingerprint density at radius 2 is 2.05 bits per heavy atom. The van der Waals surface area contributed by atoms with Gasteiger partial charge in [0, 0.05) is 25.2 Å². The van der Waals surface area contributed by atoms with Gasteiger partial charge >= 0.3 is 0 Å². The summed E-state index contributed by atoms with van der Waals surface area (Å²) < 4.78 is 13.7. The fourth-order valence-electron chi connectivity index (χ4n) is 2.11. The summed E-state index contributed by atoms with van der Waals surface area (Å²) in [5.41, 5.74) is -0.00902. The number of phenols is 1. The average molecular weight is 268 g/mol. The van der Waals surface area contributed by atoms with Gasteiger partial charge in [-0.2, -0.15) is 0 Å². The van der Waals surface area contributed by atoms with Crippen molar-refractivity contribution in [2.24, 2.45) is 0 Å². The zero-order chi connectivity index (χ0) is 14.6. The number of amides is 1. The highest BCUT2D eigenvalue weighted by atomic mass is 19.1. The van der Waals surface area contributed by atoms with E-state index >= 15 is 0 Å². The van der Waals surface area contributed by atoms with Crippen molar-refractivity contribution < 1.29 is 14.3 Å². The van der Waals surface area contributed by atoms with Crippen molar-refractivity contribution in [1.29, 1.82) is 0 Å². The number of rotatable bonds is 5. The molecule has 4 nitrogen and oxygen atoms in total. The van der Waals surface area contributed by atoms with Crippen LogP contribution in [0.25, 0.3) is 0 Å². The molecule has 0 spiro atoms. The molecule has 0 saturated carbocycles. The molecule has 1 aromatic carbocycles. The second kappa shape index (κ2) is 6.52.